The maximum atomic E-state index is 11.5. The summed E-state index contributed by atoms with van der Waals surface area (Å²) in [5.41, 5.74) is 6.08. The Morgan fingerprint density at radius 1 is 1.40 bits per heavy atom. The molecule has 3 N–H and O–H groups in total. The zero-order valence-corrected chi connectivity index (χ0v) is 12.6. The largest absolute Gasteiger partial charge is 0.483 e. The lowest BCUT2D eigenvalue weighted by molar-refractivity contribution is -0.122. The number of para-hydroxylation sites is 1. The van der Waals surface area contributed by atoms with Crippen molar-refractivity contribution in [3.8, 4) is 5.75 Å². The third kappa shape index (κ3) is 5.98. The zero-order valence-electron chi connectivity index (χ0n) is 11.0. The summed E-state index contributed by atoms with van der Waals surface area (Å²) in [5, 5.41) is 2.45. The van der Waals surface area contributed by atoms with Gasteiger partial charge in [-0.2, -0.15) is 0 Å². The second-order valence-electron chi connectivity index (χ2n) is 4.13. The van der Waals surface area contributed by atoms with E-state index in [4.69, 9.17) is 22.7 Å². The predicted molar refractivity (Wildman–Crippen MR) is 80.5 cm³/mol. The first-order chi connectivity index (χ1) is 9.29. The minimum absolute atomic E-state index is 0.0535. The fourth-order valence-corrected chi connectivity index (χ4v) is 2.01. The van der Waals surface area contributed by atoms with Gasteiger partial charge in [0.1, 0.15) is 20.6 Å². The number of rotatable bonds is 7. The molecule has 20 heavy (non-hydrogen) atoms. The van der Waals surface area contributed by atoms with E-state index < -0.39 is 15.7 Å². The molecule has 1 amide bonds. The number of thiocarbonyl (C=S) groups is 1. The van der Waals surface area contributed by atoms with Gasteiger partial charge in [0, 0.05) is 12.8 Å². The highest BCUT2D eigenvalue weighted by molar-refractivity contribution is 7.90. The van der Waals surface area contributed by atoms with Crippen LogP contribution in [0.25, 0.3) is 0 Å². The molecule has 110 valence electrons. The Kier molecular flexibility index (Phi) is 5.90. The van der Waals surface area contributed by atoms with Crippen LogP contribution in [0, 0.1) is 0 Å². The van der Waals surface area contributed by atoms with Crippen molar-refractivity contribution in [1.82, 2.24) is 5.32 Å². The van der Waals surface area contributed by atoms with Crippen molar-refractivity contribution in [2.45, 2.75) is 0 Å². The highest BCUT2D eigenvalue weighted by atomic mass is 32.2. The van der Waals surface area contributed by atoms with Crippen LogP contribution in [0.2, 0.25) is 0 Å². The minimum Gasteiger partial charge on any atom is -0.483 e. The quantitative estimate of drug-likeness (QED) is 0.680. The first-order valence-electron chi connectivity index (χ1n) is 5.75. The van der Waals surface area contributed by atoms with Gasteiger partial charge >= 0.3 is 0 Å². The van der Waals surface area contributed by atoms with Crippen LogP contribution in [0.4, 0.5) is 0 Å². The molecule has 8 heteroatoms. The number of hydrogen-bond acceptors (Lipinski definition) is 5. The lowest BCUT2D eigenvalue weighted by atomic mass is 10.2. The molecule has 0 aliphatic carbocycles. The van der Waals surface area contributed by atoms with E-state index in [0.29, 0.717) is 11.3 Å². The Balaban J connectivity index is 2.47. The smallest absolute Gasteiger partial charge is 0.257 e. The first kappa shape index (κ1) is 16.4. The number of benzene rings is 1. The monoisotopic (exact) mass is 316 g/mol. The molecular formula is C12H16N2O4S2. The van der Waals surface area contributed by atoms with Crippen molar-refractivity contribution in [2.75, 3.05) is 25.2 Å². The first-order valence-corrected chi connectivity index (χ1v) is 8.22. The number of nitrogens with two attached hydrogens (primary N) is 1. The number of sulfone groups is 1. The molecule has 0 spiro atoms. The summed E-state index contributed by atoms with van der Waals surface area (Å²) in [5.74, 6) is -0.105. The van der Waals surface area contributed by atoms with Gasteiger partial charge in [-0.15, -0.1) is 0 Å². The second-order valence-corrected chi connectivity index (χ2v) is 6.83. The van der Waals surface area contributed by atoms with Crippen molar-refractivity contribution < 1.29 is 17.9 Å². The molecule has 1 aromatic carbocycles. The molecule has 0 aliphatic heterocycles. The van der Waals surface area contributed by atoms with Gasteiger partial charge in [-0.1, -0.05) is 24.4 Å². The topological polar surface area (TPSA) is 98.5 Å². The summed E-state index contributed by atoms with van der Waals surface area (Å²) in [6.45, 7) is -0.179. The van der Waals surface area contributed by atoms with Gasteiger partial charge in [-0.05, 0) is 12.1 Å². The van der Waals surface area contributed by atoms with Gasteiger partial charge in [-0.25, -0.2) is 8.42 Å². The van der Waals surface area contributed by atoms with E-state index in [1.165, 1.54) is 0 Å². The Morgan fingerprint density at radius 3 is 2.65 bits per heavy atom. The molecule has 0 fully saturated rings. The van der Waals surface area contributed by atoms with Gasteiger partial charge < -0.3 is 15.8 Å². The molecule has 1 rings (SSSR count). The van der Waals surface area contributed by atoms with E-state index in [1.54, 1.807) is 24.3 Å². The van der Waals surface area contributed by atoms with Gasteiger partial charge in [0.15, 0.2) is 6.61 Å². The molecule has 0 bridgehead atoms. The number of hydrogen-bond donors (Lipinski definition) is 2. The molecule has 0 saturated carbocycles. The maximum Gasteiger partial charge on any atom is 0.257 e. The average Bonchev–Trinajstić information content (AvgIpc) is 2.35. The Hall–Kier alpha value is -1.67. The van der Waals surface area contributed by atoms with E-state index in [9.17, 15) is 13.2 Å². The molecule has 6 nitrogen and oxygen atoms in total. The van der Waals surface area contributed by atoms with Crippen LogP contribution in [0.1, 0.15) is 5.56 Å². The van der Waals surface area contributed by atoms with Crippen molar-refractivity contribution in [3.63, 3.8) is 0 Å². The summed E-state index contributed by atoms with van der Waals surface area (Å²) in [7, 11) is -3.09. The molecule has 0 saturated heterocycles. The van der Waals surface area contributed by atoms with E-state index in [0.717, 1.165) is 6.26 Å². The van der Waals surface area contributed by atoms with Crippen LogP contribution in [0.3, 0.4) is 0 Å². The zero-order chi connectivity index (χ0) is 15.2. The molecular weight excluding hydrogens is 300 g/mol. The van der Waals surface area contributed by atoms with Gasteiger partial charge in [0.2, 0.25) is 0 Å². The standard InChI is InChI=1S/C12H16N2O4S2/c1-20(16,17)7-6-14-11(15)8-18-10-5-3-2-4-9(10)12(13)19/h2-5H,6-8H2,1H3,(H2,13,19)(H,14,15). The van der Waals surface area contributed by atoms with Crippen LogP contribution in [0.5, 0.6) is 5.75 Å². The number of nitrogens with one attached hydrogen (secondary N) is 1. The van der Waals surface area contributed by atoms with Crippen molar-refractivity contribution in [1.29, 1.82) is 0 Å². The lowest BCUT2D eigenvalue weighted by Crippen LogP contribution is -2.32. The number of carbonyl (C=O) groups excluding carboxylic acids is 1. The fourth-order valence-electron chi connectivity index (χ4n) is 1.37. The van der Waals surface area contributed by atoms with Gasteiger partial charge in [0.05, 0.1) is 11.3 Å². The molecule has 1 aromatic rings. The molecule has 0 radical (unpaired) electrons. The Bertz CT molecular complexity index is 599. The van der Waals surface area contributed by atoms with Crippen LogP contribution in [-0.2, 0) is 14.6 Å². The predicted octanol–water partition coefficient (Wildman–Crippen LogP) is -0.140. The van der Waals surface area contributed by atoms with Crippen molar-refractivity contribution in [2.24, 2.45) is 5.73 Å². The fraction of sp³-hybridized carbons (Fsp3) is 0.333. The number of amides is 1. The second kappa shape index (κ2) is 7.20. The Morgan fingerprint density at radius 2 is 2.05 bits per heavy atom. The van der Waals surface area contributed by atoms with Crippen LogP contribution >= 0.6 is 12.2 Å². The SMILES string of the molecule is CS(=O)(=O)CCNC(=O)COc1ccccc1C(N)=S. The molecule has 0 atom stereocenters. The minimum atomic E-state index is -3.09. The van der Waals surface area contributed by atoms with E-state index in [-0.39, 0.29) is 23.9 Å². The number of carbonyl (C=O) groups is 1. The highest BCUT2D eigenvalue weighted by Crippen LogP contribution is 2.17. The van der Waals surface area contributed by atoms with E-state index >= 15 is 0 Å². The summed E-state index contributed by atoms with van der Waals surface area (Å²) in [6, 6.07) is 6.84. The molecule has 0 aromatic heterocycles. The highest BCUT2D eigenvalue weighted by Gasteiger charge is 2.09. The average molecular weight is 316 g/mol. The van der Waals surface area contributed by atoms with Crippen molar-refractivity contribution in [3.05, 3.63) is 29.8 Å². The summed E-state index contributed by atoms with van der Waals surface area (Å²) in [6.07, 6.45) is 1.11. The molecule has 0 aliphatic rings. The van der Waals surface area contributed by atoms with Gasteiger partial charge in [0.25, 0.3) is 5.91 Å². The van der Waals surface area contributed by atoms with Crippen LogP contribution in [-0.4, -0.2) is 44.5 Å². The van der Waals surface area contributed by atoms with Gasteiger partial charge in [-0.3, -0.25) is 4.79 Å². The van der Waals surface area contributed by atoms with E-state index in [2.05, 4.69) is 5.32 Å². The third-order valence-electron chi connectivity index (χ3n) is 2.31. The Labute approximate surface area is 123 Å². The summed E-state index contributed by atoms with van der Waals surface area (Å²) < 4.78 is 27.1. The normalized spacial score (nSPS) is 10.8. The van der Waals surface area contributed by atoms with Crippen LogP contribution in [0.15, 0.2) is 24.3 Å². The van der Waals surface area contributed by atoms with Crippen LogP contribution < -0.4 is 15.8 Å². The van der Waals surface area contributed by atoms with E-state index in [1.807, 2.05) is 0 Å². The third-order valence-corrected chi connectivity index (χ3v) is 3.47. The van der Waals surface area contributed by atoms with Crippen molar-refractivity contribution >= 4 is 33.0 Å². The lowest BCUT2D eigenvalue weighted by Gasteiger charge is -2.10. The summed E-state index contributed by atoms with van der Waals surface area (Å²) >= 11 is 4.87. The maximum absolute atomic E-state index is 11.5. The number of ether oxygens (including phenoxy) is 1. The summed E-state index contributed by atoms with van der Waals surface area (Å²) in [4.78, 5) is 11.7. The molecule has 0 heterocycles. The molecule has 0 unspecified atom stereocenters.